The lowest BCUT2D eigenvalue weighted by Gasteiger charge is -2.43. The van der Waals surface area contributed by atoms with Crippen molar-refractivity contribution < 1.29 is 17.2 Å². The number of hydrogen-bond donors (Lipinski definition) is 0. The first-order chi connectivity index (χ1) is 18.0. The van der Waals surface area contributed by atoms with Crippen molar-refractivity contribution in [3.63, 3.8) is 0 Å². The molecule has 1 fully saturated rings. The zero-order valence-corrected chi connectivity index (χ0v) is 22.9. The molecule has 12 heteroatoms. The smallest absolute Gasteiger partial charge is 0.185 e. The SMILES string of the molecule is CC(C)(C)N1CCN(c2cncc(-c3cn(-c4c(F)ccc(CS(=O)(=O)c5ccoc5)c4Cl)nn3)c2)CC1. The highest BCUT2D eigenvalue weighted by Gasteiger charge is 2.26. The van der Waals surface area contributed by atoms with Crippen molar-refractivity contribution >= 4 is 27.1 Å². The summed E-state index contributed by atoms with van der Waals surface area (Å²) in [5.74, 6) is -1.08. The summed E-state index contributed by atoms with van der Waals surface area (Å²) in [5, 5.41) is 8.23. The standard InChI is InChI=1S/C26H28ClFN6O3S/c1-26(2,3)33-9-7-32(8-10-33)20-12-19(13-29-14-20)23-15-34(31-30-23)25-22(28)5-4-18(24(25)27)17-38(35,36)21-6-11-37-16-21/h4-6,11-16H,7-10,17H2,1-3H3. The van der Waals surface area contributed by atoms with E-state index in [2.05, 4.69) is 45.9 Å². The Balaban J connectivity index is 1.39. The summed E-state index contributed by atoms with van der Waals surface area (Å²) in [6, 6.07) is 5.86. The van der Waals surface area contributed by atoms with E-state index in [0.717, 1.165) is 43.7 Å². The van der Waals surface area contributed by atoms with Crippen molar-refractivity contribution in [1.29, 1.82) is 0 Å². The van der Waals surface area contributed by atoms with Crippen molar-refractivity contribution in [2.24, 2.45) is 0 Å². The fourth-order valence-electron chi connectivity index (χ4n) is 4.50. The van der Waals surface area contributed by atoms with Gasteiger partial charge in [0.2, 0.25) is 0 Å². The van der Waals surface area contributed by atoms with Crippen molar-refractivity contribution in [1.82, 2.24) is 24.9 Å². The Bertz CT molecular complexity index is 1540. The molecule has 0 radical (unpaired) electrons. The minimum Gasteiger partial charge on any atom is -0.471 e. The Morgan fingerprint density at radius 1 is 1.11 bits per heavy atom. The third kappa shape index (κ3) is 5.31. The van der Waals surface area contributed by atoms with Gasteiger partial charge in [-0.05, 0) is 44.5 Å². The van der Waals surface area contributed by atoms with Crippen LogP contribution in [0.1, 0.15) is 26.3 Å². The number of sulfone groups is 1. The number of furan rings is 1. The molecule has 0 unspecified atom stereocenters. The maximum atomic E-state index is 14.9. The summed E-state index contributed by atoms with van der Waals surface area (Å²) in [7, 11) is -3.73. The average molecular weight is 559 g/mol. The molecule has 1 aliphatic heterocycles. The van der Waals surface area contributed by atoms with Gasteiger partial charge in [-0.2, -0.15) is 0 Å². The van der Waals surface area contributed by atoms with Crippen LogP contribution in [-0.2, 0) is 15.6 Å². The van der Waals surface area contributed by atoms with Gasteiger partial charge in [0.05, 0.1) is 35.1 Å². The van der Waals surface area contributed by atoms with E-state index in [1.165, 1.54) is 29.1 Å². The second-order valence-corrected chi connectivity index (χ2v) is 12.6. The lowest BCUT2D eigenvalue weighted by atomic mass is 10.0. The van der Waals surface area contributed by atoms with Gasteiger partial charge in [0.15, 0.2) is 9.84 Å². The zero-order valence-electron chi connectivity index (χ0n) is 21.3. The average Bonchev–Trinajstić information content (AvgIpc) is 3.59. The van der Waals surface area contributed by atoms with Crippen LogP contribution in [0.5, 0.6) is 0 Å². The van der Waals surface area contributed by atoms with E-state index < -0.39 is 21.4 Å². The molecule has 38 heavy (non-hydrogen) atoms. The van der Waals surface area contributed by atoms with Gasteiger partial charge in [0.1, 0.15) is 28.4 Å². The highest BCUT2D eigenvalue weighted by Crippen LogP contribution is 2.31. The fourth-order valence-corrected chi connectivity index (χ4v) is 6.17. The highest BCUT2D eigenvalue weighted by molar-refractivity contribution is 7.90. The molecular weight excluding hydrogens is 531 g/mol. The molecule has 200 valence electrons. The maximum Gasteiger partial charge on any atom is 0.185 e. The molecule has 0 N–H and O–H groups in total. The number of pyridine rings is 1. The number of halogens is 2. The monoisotopic (exact) mass is 558 g/mol. The van der Waals surface area contributed by atoms with E-state index in [4.69, 9.17) is 16.0 Å². The van der Waals surface area contributed by atoms with Crippen molar-refractivity contribution in [3.05, 3.63) is 71.8 Å². The quantitative estimate of drug-likeness (QED) is 0.338. The van der Waals surface area contributed by atoms with Crippen LogP contribution in [0.4, 0.5) is 10.1 Å². The number of benzene rings is 1. The number of anilines is 1. The zero-order chi connectivity index (χ0) is 27.1. The van der Waals surface area contributed by atoms with Gasteiger partial charge in [-0.15, -0.1) is 5.10 Å². The summed E-state index contributed by atoms with van der Waals surface area (Å²) in [6.07, 6.45) is 7.47. The first kappa shape index (κ1) is 26.3. The van der Waals surface area contributed by atoms with Crippen LogP contribution in [0.25, 0.3) is 16.9 Å². The molecule has 9 nitrogen and oxygen atoms in total. The summed E-state index contributed by atoms with van der Waals surface area (Å²) >= 11 is 6.50. The summed E-state index contributed by atoms with van der Waals surface area (Å²) in [5.41, 5.74) is 2.47. The van der Waals surface area contributed by atoms with Crippen molar-refractivity contribution in [2.75, 3.05) is 31.1 Å². The highest BCUT2D eigenvalue weighted by atomic mass is 35.5. The van der Waals surface area contributed by atoms with Gasteiger partial charge >= 0.3 is 0 Å². The molecule has 4 aromatic rings. The second kappa shape index (κ2) is 10.1. The van der Waals surface area contributed by atoms with E-state index in [9.17, 15) is 12.8 Å². The Kier molecular flexibility index (Phi) is 7.01. The van der Waals surface area contributed by atoms with Gasteiger partial charge in [0, 0.05) is 43.5 Å². The largest absolute Gasteiger partial charge is 0.471 e. The number of nitrogens with zero attached hydrogens (tertiary/aromatic N) is 6. The maximum absolute atomic E-state index is 14.9. The summed E-state index contributed by atoms with van der Waals surface area (Å²) < 4.78 is 46.4. The lowest BCUT2D eigenvalue weighted by Crippen LogP contribution is -2.53. The molecule has 1 aromatic carbocycles. The molecule has 0 amide bonds. The minimum absolute atomic E-state index is 0.0229. The van der Waals surface area contributed by atoms with Crippen molar-refractivity contribution in [3.8, 4) is 16.9 Å². The first-order valence-electron chi connectivity index (χ1n) is 12.1. The summed E-state index contributed by atoms with van der Waals surface area (Å²) in [6.45, 7) is 10.3. The van der Waals surface area contributed by atoms with Gasteiger partial charge in [-0.25, -0.2) is 17.5 Å². The van der Waals surface area contributed by atoms with Crippen LogP contribution in [-0.4, -0.2) is 65.0 Å². The predicted octanol–water partition coefficient (Wildman–Crippen LogP) is 4.61. The van der Waals surface area contributed by atoms with E-state index in [-0.39, 0.29) is 26.7 Å². The molecule has 0 saturated carbocycles. The van der Waals surface area contributed by atoms with Gasteiger partial charge in [-0.1, -0.05) is 22.9 Å². The van der Waals surface area contributed by atoms with Gasteiger partial charge in [0.25, 0.3) is 0 Å². The lowest BCUT2D eigenvalue weighted by molar-refractivity contribution is 0.128. The molecule has 4 heterocycles. The van der Waals surface area contributed by atoms with E-state index in [1.54, 1.807) is 12.4 Å². The molecule has 3 aromatic heterocycles. The van der Waals surface area contributed by atoms with Gasteiger partial charge in [-0.3, -0.25) is 9.88 Å². The number of hydrogen-bond acceptors (Lipinski definition) is 8. The third-order valence-electron chi connectivity index (χ3n) is 6.68. The van der Waals surface area contributed by atoms with E-state index in [1.807, 2.05) is 12.3 Å². The second-order valence-electron chi connectivity index (χ2n) is 10.2. The Morgan fingerprint density at radius 2 is 1.87 bits per heavy atom. The first-order valence-corrected chi connectivity index (χ1v) is 14.2. The Hall–Kier alpha value is -3.28. The Morgan fingerprint density at radius 3 is 2.55 bits per heavy atom. The van der Waals surface area contributed by atoms with Crippen LogP contribution < -0.4 is 4.90 Å². The predicted molar refractivity (Wildman–Crippen MR) is 143 cm³/mol. The normalized spacial score (nSPS) is 15.2. The van der Waals surface area contributed by atoms with Crippen LogP contribution in [0.3, 0.4) is 0 Å². The molecular formula is C26H28ClFN6O3S. The van der Waals surface area contributed by atoms with Crippen LogP contribution in [0.15, 0.2) is 64.7 Å². The molecule has 0 aliphatic carbocycles. The van der Waals surface area contributed by atoms with Crippen molar-refractivity contribution in [2.45, 2.75) is 37.0 Å². The molecule has 5 rings (SSSR count). The molecule has 1 aliphatic rings. The van der Waals surface area contributed by atoms with Crippen LogP contribution >= 0.6 is 11.6 Å². The third-order valence-corrected chi connectivity index (χ3v) is 8.75. The number of rotatable bonds is 6. The molecule has 1 saturated heterocycles. The van der Waals surface area contributed by atoms with Gasteiger partial charge < -0.3 is 9.32 Å². The molecule has 0 bridgehead atoms. The molecule has 0 atom stereocenters. The number of piperazine rings is 1. The minimum atomic E-state index is -3.73. The molecule has 0 spiro atoms. The van der Waals surface area contributed by atoms with E-state index in [0.29, 0.717) is 5.69 Å². The topological polar surface area (TPSA) is 97.4 Å². The fraction of sp³-hybridized carbons (Fsp3) is 0.346. The van der Waals surface area contributed by atoms with Crippen LogP contribution in [0.2, 0.25) is 5.02 Å². The summed E-state index contributed by atoms with van der Waals surface area (Å²) in [4.78, 5) is 9.15. The van der Waals surface area contributed by atoms with E-state index >= 15 is 0 Å². The Labute approximate surface area is 225 Å². The number of aromatic nitrogens is 4. The van der Waals surface area contributed by atoms with Crippen LogP contribution in [0, 0.1) is 5.82 Å².